The maximum Gasteiger partial charge on any atom is 0.245 e. The van der Waals surface area contributed by atoms with Gasteiger partial charge in [-0.2, -0.15) is 0 Å². The fourth-order valence-corrected chi connectivity index (χ4v) is 0.598. The van der Waals surface area contributed by atoms with Gasteiger partial charge in [-0.05, 0) is 31.5 Å². The van der Waals surface area contributed by atoms with Crippen molar-refractivity contribution in [1.29, 1.82) is 0 Å². The molecule has 0 aromatic rings. The predicted octanol–water partition coefficient (Wildman–Crippen LogP) is 2.48. The number of halogens is 2. The molecule has 0 saturated carbocycles. The monoisotopic (exact) mass is 210 g/mol. The average molecular weight is 211 g/mol. The number of carbonyl (C=O) groups is 1. The first-order valence-electron chi connectivity index (χ1n) is 2.55. The quantitative estimate of drug-likeness (QED) is 0.390. The fourth-order valence-electron chi connectivity index (χ4n) is 0.294. The van der Waals surface area contributed by atoms with Crippen molar-refractivity contribution in [2.45, 2.75) is 18.7 Å². The van der Waals surface area contributed by atoms with E-state index in [1.165, 1.54) is 6.08 Å². The van der Waals surface area contributed by atoms with Crippen LogP contribution in [0.2, 0.25) is 0 Å². The zero-order valence-corrected chi connectivity index (χ0v) is 7.66. The summed E-state index contributed by atoms with van der Waals surface area (Å²) < 4.78 is 0. The van der Waals surface area contributed by atoms with Gasteiger partial charge in [-0.1, -0.05) is 21.5 Å². The van der Waals surface area contributed by atoms with E-state index < -0.39 is 5.24 Å². The van der Waals surface area contributed by atoms with Gasteiger partial charge in [0.1, 0.15) is 0 Å². The third-order valence-corrected chi connectivity index (χ3v) is 1.80. The minimum absolute atomic E-state index is 0.222. The molecule has 52 valence electrons. The predicted molar refractivity (Wildman–Crippen MR) is 43.0 cm³/mol. The lowest BCUT2D eigenvalue weighted by atomic mass is 10.2. The molecule has 0 rings (SSSR count). The van der Waals surface area contributed by atoms with Crippen LogP contribution in [-0.2, 0) is 4.79 Å². The molecule has 0 fully saturated rings. The van der Waals surface area contributed by atoms with Crippen molar-refractivity contribution in [2.75, 3.05) is 0 Å². The number of rotatable bonds is 2. The maximum absolute atomic E-state index is 10.2. The van der Waals surface area contributed by atoms with E-state index in [4.69, 9.17) is 11.6 Å². The van der Waals surface area contributed by atoms with E-state index in [2.05, 4.69) is 15.9 Å². The van der Waals surface area contributed by atoms with Crippen LogP contribution in [0.5, 0.6) is 0 Å². The van der Waals surface area contributed by atoms with Gasteiger partial charge < -0.3 is 0 Å². The summed E-state index contributed by atoms with van der Waals surface area (Å²) in [6, 6.07) is 0. The Bertz CT molecular complexity index is 140. The molecule has 1 atom stereocenters. The standard InChI is InChI=1S/C6H8BrClO/c1-4(5(2)7)3-6(8)9/h3,5H,1-2H3/b4-3-. The molecule has 0 heterocycles. The molecule has 1 unspecified atom stereocenters. The van der Waals surface area contributed by atoms with E-state index in [9.17, 15) is 4.79 Å². The van der Waals surface area contributed by atoms with Crippen LogP contribution in [0.4, 0.5) is 0 Å². The number of alkyl halides is 1. The molecule has 0 aliphatic heterocycles. The van der Waals surface area contributed by atoms with Gasteiger partial charge >= 0.3 is 0 Å². The second-order valence-electron chi connectivity index (χ2n) is 1.81. The highest BCUT2D eigenvalue weighted by Gasteiger charge is 1.98. The van der Waals surface area contributed by atoms with E-state index in [0.717, 1.165) is 5.57 Å². The van der Waals surface area contributed by atoms with Crippen molar-refractivity contribution in [3.63, 3.8) is 0 Å². The molecule has 0 spiro atoms. The zero-order chi connectivity index (χ0) is 7.44. The molecular weight excluding hydrogens is 203 g/mol. The summed E-state index contributed by atoms with van der Waals surface area (Å²) in [7, 11) is 0. The molecule has 3 heteroatoms. The molecule has 0 aromatic heterocycles. The smallest absolute Gasteiger partial charge is 0.245 e. The molecule has 1 nitrogen and oxygen atoms in total. The second-order valence-corrected chi connectivity index (χ2v) is 3.55. The Labute approximate surface area is 68.2 Å². The number of allylic oxidation sites excluding steroid dienone is 2. The minimum atomic E-state index is -0.418. The SMILES string of the molecule is C/C(=C/C(=O)Cl)C(C)Br. The van der Waals surface area contributed by atoms with Crippen LogP contribution in [-0.4, -0.2) is 10.1 Å². The van der Waals surface area contributed by atoms with Crippen molar-refractivity contribution >= 4 is 32.8 Å². The summed E-state index contributed by atoms with van der Waals surface area (Å²) in [5.41, 5.74) is 0.940. The van der Waals surface area contributed by atoms with Crippen LogP contribution in [0.1, 0.15) is 13.8 Å². The Morgan fingerprint density at radius 2 is 2.22 bits per heavy atom. The first-order chi connectivity index (χ1) is 4.04. The van der Waals surface area contributed by atoms with Gasteiger partial charge in [-0.15, -0.1) is 0 Å². The normalized spacial score (nSPS) is 15.3. The van der Waals surface area contributed by atoms with Gasteiger partial charge in [-0.3, -0.25) is 4.79 Å². The topological polar surface area (TPSA) is 17.1 Å². The average Bonchev–Trinajstić information content (AvgIpc) is 1.63. The summed E-state index contributed by atoms with van der Waals surface area (Å²) in [6.45, 7) is 3.78. The van der Waals surface area contributed by atoms with Gasteiger partial charge in [0.15, 0.2) is 0 Å². The Morgan fingerprint density at radius 1 is 1.78 bits per heavy atom. The molecule has 0 bridgehead atoms. The molecule has 0 aliphatic rings. The highest BCUT2D eigenvalue weighted by atomic mass is 79.9. The second kappa shape index (κ2) is 4.07. The van der Waals surface area contributed by atoms with Crippen LogP contribution in [0.25, 0.3) is 0 Å². The van der Waals surface area contributed by atoms with Crippen molar-refractivity contribution in [1.82, 2.24) is 0 Å². The Hall–Kier alpha value is 0.180. The molecule has 0 aromatic carbocycles. The van der Waals surface area contributed by atoms with E-state index >= 15 is 0 Å². The largest absolute Gasteiger partial charge is 0.276 e. The molecular formula is C6H8BrClO. The first-order valence-corrected chi connectivity index (χ1v) is 3.85. The van der Waals surface area contributed by atoms with Crippen molar-refractivity contribution in [3.8, 4) is 0 Å². The highest BCUT2D eigenvalue weighted by Crippen LogP contribution is 2.10. The Kier molecular flexibility index (Phi) is 4.15. The molecule has 0 amide bonds. The summed E-state index contributed by atoms with van der Waals surface area (Å²) in [4.78, 5) is 10.4. The third-order valence-electron chi connectivity index (χ3n) is 0.969. The summed E-state index contributed by atoms with van der Waals surface area (Å²) in [5.74, 6) is 0. The molecule has 0 saturated heterocycles. The van der Waals surface area contributed by atoms with Gasteiger partial charge in [-0.25, -0.2) is 0 Å². The Morgan fingerprint density at radius 3 is 2.33 bits per heavy atom. The van der Waals surface area contributed by atoms with E-state index in [0.29, 0.717) is 0 Å². The van der Waals surface area contributed by atoms with Crippen LogP contribution in [0, 0.1) is 0 Å². The van der Waals surface area contributed by atoms with E-state index in [-0.39, 0.29) is 4.83 Å². The van der Waals surface area contributed by atoms with Crippen molar-refractivity contribution in [3.05, 3.63) is 11.6 Å². The van der Waals surface area contributed by atoms with Crippen LogP contribution < -0.4 is 0 Å². The van der Waals surface area contributed by atoms with Gasteiger partial charge in [0, 0.05) is 4.83 Å². The summed E-state index contributed by atoms with van der Waals surface area (Å²) in [5, 5.41) is -0.418. The third kappa shape index (κ3) is 4.67. The summed E-state index contributed by atoms with van der Waals surface area (Å²) >= 11 is 8.37. The van der Waals surface area contributed by atoms with Crippen molar-refractivity contribution < 1.29 is 4.79 Å². The maximum atomic E-state index is 10.2. The summed E-state index contributed by atoms with van der Waals surface area (Å²) in [6.07, 6.45) is 1.40. The lowest BCUT2D eigenvalue weighted by Crippen LogP contribution is -1.93. The molecule has 0 aliphatic carbocycles. The van der Waals surface area contributed by atoms with E-state index in [1.807, 2.05) is 13.8 Å². The van der Waals surface area contributed by atoms with Gasteiger partial charge in [0.05, 0.1) is 0 Å². The van der Waals surface area contributed by atoms with Crippen LogP contribution in [0.15, 0.2) is 11.6 Å². The Balaban J connectivity index is 4.00. The van der Waals surface area contributed by atoms with Crippen LogP contribution >= 0.6 is 27.5 Å². The number of carbonyl (C=O) groups excluding carboxylic acids is 1. The molecule has 0 radical (unpaired) electrons. The van der Waals surface area contributed by atoms with Gasteiger partial charge in [0.25, 0.3) is 0 Å². The van der Waals surface area contributed by atoms with Crippen molar-refractivity contribution in [2.24, 2.45) is 0 Å². The fraction of sp³-hybridized carbons (Fsp3) is 0.500. The highest BCUT2D eigenvalue weighted by molar-refractivity contribution is 9.09. The van der Waals surface area contributed by atoms with Crippen LogP contribution in [0.3, 0.4) is 0 Å². The molecule has 0 N–H and O–H groups in total. The van der Waals surface area contributed by atoms with Gasteiger partial charge in [0.2, 0.25) is 5.24 Å². The molecule has 9 heavy (non-hydrogen) atoms. The number of hydrogen-bond acceptors (Lipinski definition) is 1. The minimum Gasteiger partial charge on any atom is -0.276 e. The lowest BCUT2D eigenvalue weighted by molar-refractivity contribution is -0.107. The number of hydrogen-bond donors (Lipinski definition) is 0. The zero-order valence-electron chi connectivity index (χ0n) is 5.32. The van der Waals surface area contributed by atoms with E-state index in [1.54, 1.807) is 0 Å². The lowest BCUT2D eigenvalue weighted by Gasteiger charge is -1.98. The first kappa shape index (κ1) is 9.18.